The van der Waals surface area contributed by atoms with Gasteiger partial charge < -0.3 is 4.90 Å². The first kappa shape index (κ1) is 13.7. The monoisotopic (exact) mass is 295 g/mol. The maximum Gasteiger partial charge on any atom is 0.279 e. The lowest BCUT2D eigenvalue weighted by Gasteiger charge is -2.41. The number of rotatable bonds is 3. The summed E-state index contributed by atoms with van der Waals surface area (Å²) in [4.78, 5) is 13.8. The summed E-state index contributed by atoms with van der Waals surface area (Å²) in [6.45, 7) is 0.526. The molecular weight excluding hydrogens is 283 g/mol. The lowest BCUT2D eigenvalue weighted by atomic mass is 9.94. The summed E-state index contributed by atoms with van der Waals surface area (Å²) in [6.07, 6.45) is -1.94. The van der Waals surface area contributed by atoms with E-state index >= 15 is 0 Å². The number of hydrogen-bond acceptors (Lipinski definition) is 2. The minimum absolute atomic E-state index is 0.0305. The van der Waals surface area contributed by atoms with Crippen LogP contribution in [0.4, 0.5) is 13.2 Å². The predicted octanol–water partition coefficient (Wildman–Crippen LogP) is 3.07. The highest BCUT2D eigenvalue weighted by molar-refractivity contribution is 5.93. The summed E-state index contributed by atoms with van der Waals surface area (Å²) < 4.78 is 37.9. The fraction of sp³-hybridized carbons (Fsp3) is 0.286. The van der Waals surface area contributed by atoms with Gasteiger partial charge in [-0.05, 0) is 30.2 Å². The van der Waals surface area contributed by atoms with Crippen molar-refractivity contribution in [1.29, 1.82) is 0 Å². The van der Waals surface area contributed by atoms with E-state index in [2.05, 4.69) is 10.2 Å². The Morgan fingerprint density at radius 1 is 1.33 bits per heavy atom. The van der Waals surface area contributed by atoms with E-state index in [9.17, 15) is 18.0 Å². The highest BCUT2D eigenvalue weighted by Crippen LogP contribution is 2.34. The molecular formula is C14H12F3N3O. The minimum atomic E-state index is -2.69. The number of carbonyl (C=O) groups excluding carboxylic acids is 1. The second kappa shape index (κ2) is 5.23. The van der Waals surface area contributed by atoms with Gasteiger partial charge in [0.05, 0.1) is 6.04 Å². The Bertz CT molecular complexity index is 654. The zero-order chi connectivity index (χ0) is 15.0. The molecule has 1 fully saturated rings. The Labute approximate surface area is 118 Å². The van der Waals surface area contributed by atoms with E-state index in [1.165, 1.54) is 12.1 Å². The van der Waals surface area contributed by atoms with Crippen molar-refractivity contribution in [2.45, 2.75) is 18.9 Å². The largest absolute Gasteiger partial charge is 0.330 e. The number of aromatic nitrogens is 2. The van der Waals surface area contributed by atoms with E-state index < -0.39 is 12.3 Å². The van der Waals surface area contributed by atoms with Crippen LogP contribution in [0.3, 0.4) is 0 Å². The third-order valence-electron chi connectivity index (χ3n) is 3.59. The Hall–Kier alpha value is -2.31. The number of amides is 1. The molecule has 0 saturated carbocycles. The molecule has 1 amide bonds. The van der Waals surface area contributed by atoms with E-state index in [1.807, 2.05) is 0 Å². The van der Waals surface area contributed by atoms with Crippen LogP contribution in [-0.2, 0) is 0 Å². The number of carbonyl (C=O) groups is 1. The van der Waals surface area contributed by atoms with Crippen LogP contribution >= 0.6 is 0 Å². The van der Waals surface area contributed by atoms with Gasteiger partial charge in [0, 0.05) is 6.54 Å². The summed E-state index contributed by atoms with van der Waals surface area (Å²) in [7, 11) is 0. The average molecular weight is 295 g/mol. The fourth-order valence-electron chi connectivity index (χ4n) is 2.37. The van der Waals surface area contributed by atoms with E-state index in [0.717, 1.165) is 18.1 Å². The molecule has 21 heavy (non-hydrogen) atoms. The van der Waals surface area contributed by atoms with Gasteiger partial charge in [0.2, 0.25) is 0 Å². The topological polar surface area (TPSA) is 49.0 Å². The van der Waals surface area contributed by atoms with Crippen LogP contribution in [0, 0.1) is 5.82 Å². The average Bonchev–Trinajstić information content (AvgIpc) is 2.90. The number of hydrogen-bond donors (Lipinski definition) is 1. The zero-order valence-corrected chi connectivity index (χ0v) is 10.9. The molecule has 1 unspecified atom stereocenters. The van der Waals surface area contributed by atoms with Crippen LogP contribution < -0.4 is 0 Å². The molecule has 1 aromatic heterocycles. The first-order valence-electron chi connectivity index (χ1n) is 6.46. The summed E-state index contributed by atoms with van der Waals surface area (Å²) in [6, 6.07) is 6.81. The quantitative estimate of drug-likeness (QED) is 0.946. The molecule has 1 aliphatic heterocycles. The molecule has 1 atom stereocenters. The van der Waals surface area contributed by atoms with E-state index in [1.54, 1.807) is 17.0 Å². The summed E-state index contributed by atoms with van der Waals surface area (Å²) >= 11 is 0. The van der Waals surface area contributed by atoms with Crippen LogP contribution in [0.15, 0.2) is 30.3 Å². The summed E-state index contributed by atoms with van der Waals surface area (Å²) in [5, 5.41) is 5.78. The molecule has 0 bridgehead atoms. The zero-order valence-electron chi connectivity index (χ0n) is 10.9. The molecule has 2 aromatic rings. The second-order valence-electron chi connectivity index (χ2n) is 4.86. The Balaban J connectivity index is 1.77. The number of aromatic amines is 1. The minimum Gasteiger partial charge on any atom is -0.330 e. The highest BCUT2D eigenvalue weighted by Gasteiger charge is 2.35. The van der Waals surface area contributed by atoms with Crippen LogP contribution in [0.2, 0.25) is 0 Å². The van der Waals surface area contributed by atoms with Crippen molar-refractivity contribution < 1.29 is 18.0 Å². The number of nitrogens with one attached hydrogen (secondary N) is 1. The number of nitrogens with zero attached hydrogens (tertiary/aromatic N) is 2. The predicted molar refractivity (Wildman–Crippen MR) is 68.3 cm³/mol. The van der Waals surface area contributed by atoms with Gasteiger partial charge in [-0.15, -0.1) is 0 Å². The molecule has 1 aliphatic rings. The summed E-state index contributed by atoms with van der Waals surface area (Å²) in [5.41, 5.74) is 0.412. The molecule has 1 aromatic carbocycles. The molecule has 110 valence electrons. The number of benzene rings is 1. The molecule has 7 heteroatoms. The Kier molecular flexibility index (Phi) is 3.40. The third-order valence-corrected chi connectivity index (χ3v) is 3.59. The van der Waals surface area contributed by atoms with Gasteiger partial charge in [-0.1, -0.05) is 12.1 Å². The molecule has 4 nitrogen and oxygen atoms in total. The highest BCUT2D eigenvalue weighted by atomic mass is 19.3. The van der Waals surface area contributed by atoms with Gasteiger partial charge in [0.1, 0.15) is 11.5 Å². The Morgan fingerprint density at radius 3 is 2.57 bits per heavy atom. The van der Waals surface area contributed by atoms with E-state index in [4.69, 9.17) is 0 Å². The van der Waals surface area contributed by atoms with E-state index in [0.29, 0.717) is 6.54 Å². The first-order chi connectivity index (χ1) is 10.1. The number of alkyl halides is 2. The summed E-state index contributed by atoms with van der Waals surface area (Å²) in [5.74, 6) is -0.747. The number of halogens is 3. The van der Waals surface area contributed by atoms with Gasteiger partial charge >= 0.3 is 0 Å². The molecule has 1 saturated heterocycles. The molecule has 2 heterocycles. The third kappa shape index (κ3) is 2.51. The molecule has 1 N–H and O–H groups in total. The molecule has 0 aliphatic carbocycles. The first-order valence-corrected chi connectivity index (χ1v) is 6.46. The van der Waals surface area contributed by atoms with Crippen molar-refractivity contribution >= 4 is 5.91 Å². The van der Waals surface area contributed by atoms with Gasteiger partial charge in [0.15, 0.2) is 5.69 Å². The van der Waals surface area contributed by atoms with Crippen molar-refractivity contribution in [3.05, 3.63) is 53.1 Å². The van der Waals surface area contributed by atoms with Gasteiger partial charge in [-0.2, -0.15) is 5.10 Å². The van der Waals surface area contributed by atoms with Crippen LogP contribution in [0.25, 0.3) is 0 Å². The standard InChI is InChI=1S/C14H12F3N3O/c15-9-3-1-8(2-4-9)12-5-6-20(12)14(21)11-7-10(13(16)17)18-19-11/h1-4,7,12-13H,5-6H2,(H,18,19). The van der Waals surface area contributed by atoms with Crippen LogP contribution in [-0.4, -0.2) is 27.5 Å². The lowest BCUT2D eigenvalue weighted by molar-refractivity contribution is 0.0454. The molecule has 0 spiro atoms. The van der Waals surface area contributed by atoms with Gasteiger partial charge in [-0.25, -0.2) is 13.2 Å². The Morgan fingerprint density at radius 2 is 2.05 bits per heavy atom. The van der Waals surface area contributed by atoms with Crippen LogP contribution in [0.5, 0.6) is 0 Å². The van der Waals surface area contributed by atoms with Crippen molar-refractivity contribution in [3.8, 4) is 0 Å². The van der Waals surface area contributed by atoms with E-state index in [-0.39, 0.29) is 23.2 Å². The van der Waals surface area contributed by atoms with Crippen LogP contribution in [0.1, 0.15) is 40.6 Å². The lowest BCUT2D eigenvalue weighted by Crippen LogP contribution is -2.45. The maximum absolute atomic E-state index is 12.9. The fourth-order valence-corrected chi connectivity index (χ4v) is 2.37. The maximum atomic E-state index is 12.9. The van der Waals surface area contributed by atoms with Crippen molar-refractivity contribution in [1.82, 2.24) is 15.1 Å². The number of H-pyrrole nitrogens is 1. The smallest absolute Gasteiger partial charge is 0.279 e. The SMILES string of the molecule is O=C(c1cc(C(F)F)[nH]n1)N1CCC1c1ccc(F)cc1. The number of likely N-dealkylation sites (tertiary alicyclic amines) is 1. The van der Waals surface area contributed by atoms with Gasteiger partial charge in [0.25, 0.3) is 12.3 Å². The molecule has 3 rings (SSSR count). The van der Waals surface area contributed by atoms with Crippen molar-refractivity contribution in [2.75, 3.05) is 6.54 Å². The normalized spacial score (nSPS) is 17.9. The van der Waals surface area contributed by atoms with Gasteiger partial charge in [-0.3, -0.25) is 9.89 Å². The molecule has 0 radical (unpaired) electrons. The van der Waals surface area contributed by atoms with Crippen molar-refractivity contribution in [2.24, 2.45) is 0 Å². The second-order valence-corrected chi connectivity index (χ2v) is 4.86. The van der Waals surface area contributed by atoms with Crippen molar-refractivity contribution in [3.63, 3.8) is 0 Å².